The molecule has 1 aromatic carbocycles. The number of aromatic nitrogens is 3. The Labute approximate surface area is 160 Å². The number of pyridine rings is 1. The quantitative estimate of drug-likeness (QED) is 0.702. The summed E-state index contributed by atoms with van der Waals surface area (Å²) in [7, 11) is 4.03. The summed E-state index contributed by atoms with van der Waals surface area (Å²) in [4.78, 5) is 16.3. The van der Waals surface area contributed by atoms with Crippen molar-refractivity contribution >= 4 is 16.7 Å². The highest BCUT2D eigenvalue weighted by Crippen LogP contribution is 2.22. The second-order valence-electron chi connectivity index (χ2n) is 7.17. The van der Waals surface area contributed by atoms with E-state index in [-0.39, 0.29) is 6.04 Å². The van der Waals surface area contributed by atoms with Crippen molar-refractivity contribution in [3.63, 3.8) is 0 Å². The van der Waals surface area contributed by atoms with Crippen LogP contribution in [0.1, 0.15) is 36.0 Å². The van der Waals surface area contributed by atoms with Gasteiger partial charge in [0.25, 0.3) is 0 Å². The fraction of sp³-hybridized carbons (Fsp3) is 0.381. The summed E-state index contributed by atoms with van der Waals surface area (Å²) in [5, 5.41) is 7.84. The Morgan fingerprint density at radius 2 is 2.07 bits per heavy atom. The summed E-state index contributed by atoms with van der Waals surface area (Å²) in [6, 6.07) is 12.8. The molecule has 6 heteroatoms. The fourth-order valence-corrected chi connectivity index (χ4v) is 3.71. The second-order valence-corrected chi connectivity index (χ2v) is 7.17. The van der Waals surface area contributed by atoms with Crippen molar-refractivity contribution < 1.29 is 0 Å². The van der Waals surface area contributed by atoms with Crippen molar-refractivity contribution in [2.24, 2.45) is 0 Å². The zero-order chi connectivity index (χ0) is 18.6. The van der Waals surface area contributed by atoms with Crippen LogP contribution in [-0.4, -0.2) is 40.5 Å². The van der Waals surface area contributed by atoms with E-state index in [0.29, 0.717) is 0 Å². The minimum absolute atomic E-state index is 0.268. The molecule has 0 bridgehead atoms. The number of benzene rings is 1. The van der Waals surface area contributed by atoms with Crippen LogP contribution in [0.3, 0.4) is 0 Å². The lowest BCUT2D eigenvalue weighted by Crippen LogP contribution is -2.21. The first kappa shape index (κ1) is 17.8. The molecule has 1 aliphatic heterocycles. The Hall–Kier alpha value is -2.57. The van der Waals surface area contributed by atoms with Crippen LogP contribution in [0.5, 0.6) is 0 Å². The predicted molar refractivity (Wildman–Crippen MR) is 108 cm³/mol. The van der Waals surface area contributed by atoms with E-state index in [9.17, 15) is 0 Å². The summed E-state index contributed by atoms with van der Waals surface area (Å²) in [6.45, 7) is 2.63. The van der Waals surface area contributed by atoms with Crippen LogP contribution in [0.15, 0.2) is 42.6 Å². The van der Waals surface area contributed by atoms with E-state index in [1.165, 1.54) is 17.4 Å². The largest absolute Gasteiger partial charge is 0.373 e. The van der Waals surface area contributed by atoms with Gasteiger partial charge in [-0.25, -0.2) is 9.97 Å². The number of para-hydroxylation sites is 1. The third-order valence-corrected chi connectivity index (χ3v) is 5.01. The monoisotopic (exact) mass is 362 g/mol. The average Bonchev–Trinajstić information content (AvgIpc) is 3.23. The Morgan fingerprint density at radius 3 is 2.89 bits per heavy atom. The van der Waals surface area contributed by atoms with E-state index < -0.39 is 0 Å². The highest BCUT2D eigenvalue weighted by molar-refractivity contribution is 5.81. The van der Waals surface area contributed by atoms with E-state index in [2.05, 4.69) is 56.8 Å². The van der Waals surface area contributed by atoms with Gasteiger partial charge in [0, 0.05) is 37.8 Å². The third-order valence-electron chi connectivity index (χ3n) is 5.01. The number of rotatable bonds is 6. The molecular weight excluding hydrogens is 336 g/mol. The average molecular weight is 362 g/mol. The number of anilines is 1. The van der Waals surface area contributed by atoms with E-state index in [1.54, 1.807) is 0 Å². The smallest absolute Gasteiger partial charge is 0.147 e. The highest BCUT2D eigenvalue weighted by Gasteiger charge is 2.20. The molecule has 0 saturated carbocycles. The summed E-state index contributed by atoms with van der Waals surface area (Å²) in [5.74, 6) is 1.78. The summed E-state index contributed by atoms with van der Waals surface area (Å²) in [5.41, 5.74) is 3.34. The number of nitrogens with zero attached hydrogens (tertiary/aromatic N) is 4. The Kier molecular flexibility index (Phi) is 5.27. The zero-order valence-electron chi connectivity index (χ0n) is 15.9. The molecule has 1 atom stereocenters. The second kappa shape index (κ2) is 7.98. The Bertz CT molecular complexity index is 914. The summed E-state index contributed by atoms with van der Waals surface area (Å²) >= 11 is 0. The molecule has 1 aliphatic rings. The van der Waals surface area contributed by atoms with Crippen LogP contribution < -0.4 is 10.6 Å². The third kappa shape index (κ3) is 4.07. The van der Waals surface area contributed by atoms with Gasteiger partial charge in [-0.2, -0.15) is 0 Å². The van der Waals surface area contributed by atoms with Gasteiger partial charge in [-0.15, -0.1) is 0 Å². The summed E-state index contributed by atoms with van der Waals surface area (Å²) in [6.07, 6.45) is 4.14. The molecule has 4 rings (SSSR count). The van der Waals surface area contributed by atoms with Gasteiger partial charge in [0.15, 0.2) is 0 Å². The molecule has 1 fully saturated rings. The van der Waals surface area contributed by atoms with Crippen LogP contribution in [-0.2, 0) is 13.1 Å². The number of hydrogen-bond donors (Lipinski definition) is 2. The fourth-order valence-electron chi connectivity index (χ4n) is 3.71. The van der Waals surface area contributed by atoms with Crippen LogP contribution in [0.25, 0.3) is 10.9 Å². The number of hydrogen-bond acceptors (Lipinski definition) is 6. The lowest BCUT2D eigenvalue weighted by Gasteiger charge is -2.19. The molecule has 2 N–H and O–H groups in total. The van der Waals surface area contributed by atoms with E-state index in [1.807, 2.05) is 25.4 Å². The minimum Gasteiger partial charge on any atom is -0.373 e. The van der Waals surface area contributed by atoms with Crippen LogP contribution >= 0.6 is 0 Å². The lowest BCUT2D eigenvalue weighted by molar-refractivity contribution is 0.315. The van der Waals surface area contributed by atoms with Gasteiger partial charge in [0.1, 0.15) is 11.6 Å². The Balaban J connectivity index is 1.53. The van der Waals surface area contributed by atoms with Crippen LogP contribution in [0, 0.1) is 0 Å². The van der Waals surface area contributed by atoms with Crippen LogP contribution in [0.2, 0.25) is 0 Å². The van der Waals surface area contributed by atoms with Gasteiger partial charge in [-0.05, 0) is 38.1 Å². The van der Waals surface area contributed by atoms with Gasteiger partial charge < -0.3 is 10.6 Å². The van der Waals surface area contributed by atoms with E-state index >= 15 is 0 Å². The molecular formula is C21H26N6. The summed E-state index contributed by atoms with van der Waals surface area (Å²) < 4.78 is 0. The molecule has 1 unspecified atom stereocenters. The number of fused-ring (bicyclic) bond motifs is 1. The molecule has 1 saturated heterocycles. The van der Waals surface area contributed by atoms with Gasteiger partial charge in [0.2, 0.25) is 0 Å². The molecule has 140 valence electrons. The van der Waals surface area contributed by atoms with Crippen LogP contribution in [0.4, 0.5) is 5.82 Å². The maximum atomic E-state index is 4.84. The SMILES string of the molecule is CNc1cc(CN(C)Cc2cccc3cccnc23)nc(C2CCCN2)n1. The van der Waals surface area contributed by atoms with Crippen molar-refractivity contribution in [3.05, 3.63) is 59.7 Å². The lowest BCUT2D eigenvalue weighted by atomic mass is 10.1. The van der Waals surface area contributed by atoms with Crippen molar-refractivity contribution in [3.8, 4) is 0 Å². The van der Waals surface area contributed by atoms with Crippen molar-refractivity contribution in [1.29, 1.82) is 0 Å². The zero-order valence-corrected chi connectivity index (χ0v) is 15.9. The van der Waals surface area contributed by atoms with Gasteiger partial charge >= 0.3 is 0 Å². The maximum absolute atomic E-state index is 4.84. The first-order valence-corrected chi connectivity index (χ1v) is 9.53. The molecule has 3 heterocycles. The first-order chi connectivity index (χ1) is 13.2. The van der Waals surface area contributed by atoms with E-state index in [0.717, 1.165) is 48.9 Å². The van der Waals surface area contributed by atoms with Crippen molar-refractivity contribution in [2.45, 2.75) is 32.0 Å². The molecule has 27 heavy (non-hydrogen) atoms. The molecule has 3 aromatic rings. The standard InChI is InChI=1S/C21H26N6/c1-22-19-12-17(25-21(26-19)18-9-5-10-23-18)14-27(2)13-16-7-3-6-15-8-4-11-24-20(15)16/h3-4,6-8,11-12,18,23H,5,9-10,13-14H2,1-2H3,(H,22,25,26). The Morgan fingerprint density at radius 1 is 1.19 bits per heavy atom. The molecule has 0 amide bonds. The molecule has 0 aliphatic carbocycles. The molecule has 2 aromatic heterocycles. The normalized spacial score (nSPS) is 16.9. The van der Waals surface area contributed by atoms with Gasteiger partial charge in [-0.1, -0.05) is 24.3 Å². The minimum atomic E-state index is 0.268. The molecule has 6 nitrogen and oxygen atoms in total. The number of nitrogens with one attached hydrogen (secondary N) is 2. The van der Waals surface area contributed by atoms with Crippen molar-refractivity contribution in [2.75, 3.05) is 26.0 Å². The van der Waals surface area contributed by atoms with Crippen molar-refractivity contribution in [1.82, 2.24) is 25.2 Å². The van der Waals surface area contributed by atoms with Gasteiger partial charge in [0.05, 0.1) is 17.3 Å². The molecule has 0 radical (unpaired) electrons. The highest BCUT2D eigenvalue weighted by atomic mass is 15.1. The molecule has 0 spiro atoms. The predicted octanol–water partition coefficient (Wildman–Crippen LogP) is 3.12. The topological polar surface area (TPSA) is 66.0 Å². The van der Waals surface area contributed by atoms with Gasteiger partial charge in [-0.3, -0.25) is 9.88 Å². The maximum Gasteiger partial charge on any atom is 0.147 e. The van der Waals surface area contributed by atoms with E-state index in [4.69, 9.17) is 4.98 Å². The first-order valence-electron chi connectivity index (χ1n) is 9.53.